The Morgan fingerprint density at radius 2 is 2.05 bits per heavy atom. The molecule has 0 bridgehead atoms. The highest BCUT2D eigenvalue weighted by Crippen LogP contribution is 2.46. The number of para-hydroxylation sites is 1. The fourth-order valence-electron chi connectivity index (χ4n) is 3.32. The molecule has 2 aliphatic rings. The van der Waals surface area contributed by atoms with Gasteiger partial charge >= 0.3 is 0 Å². The molecule has 4 nitrogen and oxygen atoms in total. The summed E-state index contributed by atoms with van der Waals surface area (Å²) in [6, 6.07) is 7.99. The molecule has 2 heterocycles. The van der Waals surface area contributed by atoms with Crippen molar-refractivity contribution in [2.24, 2.45) is 0 Å². The van der Waals surface area contributed by atoms with Crippen molar-refractivity contribution in [3.8, 4) is 0 Å². The molecule has 0 aromatic heterocycles. The number of piperidine rings is 1. The van der Waals surface area contributed by atoms with E-state index in [2.05, 4.69) is 6.92 Å². The number of nitrogens with zero attached hydrogens (tertiary/aromatic N) is 2. The Morgan fingerprint density at radius 1 is 1.32 bits per heavy atom. The van der Waals surface area contributed by atoms with Gasteiger partial charge in [-0.15, -0.1) is 0 Å². The average molecular weight is 318 g/mol. The number of amides is 2. The third-order valence-electron chi connectivity index (χ3n) is 4.73. The van der Waals surface area contributed by atoms with Gasteiger partial charge in [0, 0.05) is 24.5 Å². The number of hydrogen-bond acceptors (Lipinski definition) is 3. The van der Waals surface area contributed by atoms with Crippen LogP contribution >= 0.6 is 11.8 Å². The Bertz CT molecular complexity index is 618. The van der Waals surface area contributed by atoms with Crippen LogP contribution < -0.4 is 4.90 Å². The highest BCUT2D eigenvalue weighted by molar-refractivity contribution is 8.02. The van der Waals surface area contributed by atoms with E-state index in [9.17, 15) is 9.59 Å². The molecule has 2 atom stereocenters. The molecule has 1 fully saturated rings. The number of hydrogen-bond donors (Lipinski definition) is 0. The van der Waals surface area contributed by atoms with Crippen molar-refractivity contribution in [3.05, 3.63) is 24.3 Å². The van der Waals surface area contributed by atoms with Crippen molar-refractivity contribution in [2.75, 3.05) is 18.5 Å². The first-order valence-corrected chi connectivity index (χ1v) is 8.64. The van der Waals surface area contributed by atoms with E-state index >= 15 is 0 Å². The number of carbonyl (C=O) groups excluding carboxylic acids is 2. The Balaban J connectivity index is 1.95. The number of fused-ring (bicyclic) bond motifs is 1. The molecule has 1 saturated heterocycles. The second kappa shape index (κ2) is 5.61. The smallest absolute Gasteiger partial charge is 0.252 e. The van der Waals surface area contributed by atoms with Gasteiger partial charge in [-0.05, 0) is 45.2 Å². The summed E-state index contributed by atoms with van der Waals surface area (Å²) in [4.78, 5) is 30.5. The molecular weight excluding hydrogens is 296 g/mol. The predicted octanol–water partition coefficient (Wildman–Crippen LogP) is 2.91. The van der Waals surface area contributed by atoms with Crippen molar-refractivity contribution in [1.82, 2.24) is 4.90 Å². The lowest BCUT2D eigenvalue weighted by Crippen LogP contribution is -2.58. The van der Waals surface area contributed by atoms with Crippen LogP contribution in [0.1, 0.15) is 33.1 Å². The highest BCUT2D eigenvalue weighted by atomic mass is 32.2. The Kier molecular flexibility index (Phi) is 3.93. The van der Waals surface area contributed by atoms with E-state index in [1.54, 1.807) is 18.9 Å². The third-order valence-corrected chi connectivity index (χ3v) is 6.05. The van der Waals surface area contributed by atoms with Gasteiger partial charge in [0.15, 0.2) is 4.75 Å². The van der Waals surface area contributed by atoms with Gasteiger partial charge in [0.1, 0.15) is 0 Å². The van der Waals surface area contributed by atoms with Crippen molar-refractivity contribution >= 4 is 29.3 Å². The zero-order valence-electron chi connectivity index (χ0n) is 13.3. The van der Waals surface area contributed by atoms with Gasteiger partial charge < -0.3 is 9.80 Å². The molecule has 2 aliphatic heterocycles. The molecule has 1 aromatic carbocycles. The molecule has 0 radical (unpaired) electrons. The lowest BCUT2D eigenvalue weighted by molar-refractivity contribution is -0.141. The maximum atomic E-state index is 13.1. The average Bonchev–Trinajstić information content (AvgIpc) is 2.52. The maximum Gasteiger partial charge on any atom is 0.252 e. The summed E-state index contributed by atoms with van der Waals surface area (Å²) in [5.74, 6) is -0.171. The molecule has 0 aliphatic carbocycles. The maximum absolute atomic E-state index is 13.1. The van der Waals surface area contributed by atoms with E-state index in [4.69, 9.17) is 0 Å². The van der Waals surface area contributed by atoms with Crippen LogP contribution in [0.2, 0.25) is 0 Å². The highest BCUT2D eigenvalue weighted by Gasteiger charge is 2.50. The lowest BCUT2D eigenvalue weighted by atomic mass is 9.99. The van der Waals surface area contributed by atoms with E-state index in [1.165, 1.54) is 11.8 Å². The molecule has 2 amide bonds. The van der Waals surface area contributed by atoms with Crippen LogP contribution in [0, 0.1) is 0 Å². The first-order valence-electron chi connectivity index (χ1n) is 7.82. The SMILES string of the molecule is C[C@@H]1CCCCN1C(=O)[C@@]1(C)Sc2ccccc2N(C)C1=O. The van der Waals surface area contributed by atoms with E-state index in [0.29, 0.717) is 0 Å². The number of rotatable bonds is 1. The van der Waals surface area contributed by atoms with Gasteiger partial charge in [0.25, 0.3) is 5.91 Å². The molecule has 118 valence electrons. The fraction of sp³-hybridized carbons (Fsp3) is 0.529. The normalized spacial score (nSPS) is 28.5. The zero-order chi connectivity index (χ0) is 15.9. The molecule has 0 saturated carbocycles. The monoisotopic (exact) mass is 318 g/mol. The summed E-state index contributed by atoms with van der Waals surface area (Å²) < 4.78 is -1.06. The van der Waals surface area contributed by atoms with Gasteiger partial charge in [0.2, 0.25) is 5.91 Å². The van der Waals surface area contributed by atoms with Gasteiger partial charge in [-0.25, -0.2) is 0 Å². The fourth-order valence-corrected chi connectivity index (χ4v) is 4.65. The summed E-state index contributed by atoms with van der Waals surface area (Å²) in [5, 5.41) is 0. The van der Waals surface area contributed by atoms with Crippen LogP contribution in [0.5, 0.6) is 0 Å². The largest absolute Gasteiger partial charge is 0.338 e. The van der Waals surface area contributed by atoms with E-state index < -0.39 is 4.75 Å². The summed E-state index contributed by atoms with van der Waals surface area (Å²) in [7, 11) is 1.76. The summed E-state index contributed by atoms with van der Waals surface area (Å²) >= 11 is 1.39. The van der Waals surface area contributed by atoms with Crippen LogP contribution in [0.25, 0.3) is 0 Å². The first-order chi connectivity index (χ1) is 10.4. The molecule has 1 aromatic rings. The number of anilines is 1. The van der Waals surface area contributed by atoms with Crippen LogP contribution in [0.15, 0.2) is 29.2 Å². The van der Waals surface area contributed by atoms with E-state index in [0.717, 1.165) is 36.4 Å². The predicted molar refractivity (Wildman–Crippen MR) is 89.1 cm³/mol. The second-order valence-corrected chi connectivity index (χ2v) is 7.77. The van der Waals surface area contributed by atoms with Crippen LogP contribution in [0.3, 0.4) is 0 Å². The van der Waals surface area contributed by atoms with Gasteiger partial charge in [0.05, 0.1) is 5.69 Å². The lowest BCUT2D eigenvalue weighted by Gasteiger charge is -2.42. The molecule has 22 heavy (non-hydrogen) atoms. The van der Waals surface area contributed by atoms with Crippen LogP contribution in [-0.4, -0.2) is 41.1 Å². The summed E-state index contributed by atoms with van der Waals surface area (Å²) in [6.07, 6.45) is 3.20. The second-order valence-electron chi connectivity index (χ2n) is 6.31. The van der Waals surface area contributed by atoms with Crippen molar-refractivity contribution in [3.63, 3.8) is 0 Å². The quantitative estimate of drug-likeness (QED) is 0.748. The third kappa shape index (κ3) is 2.32. The minimum atomic E-state index is -1.06. The van der Waals surface area contributed by atoms with Gasteiger partial charge in [-0.3, -0.25) is 9.59 Å². The zero-order valence-corrected chi connectivity index (χ0v) is 14.2. The topological polar surface area (TPSA) is 40.6 Å². The van der Waals surface area contributed by atoms with Crippen molar-refractivity contribution in [2.45, 2.75) is 48.8 Å². The van der Waals surface area contributed by atoms with Gasteiger partial charge in [-0.1, -0.05) is 23.9 Å². The minimum Gasteiger partial charge on any atom is -0.338 e. The molecular formula is C17H22N2O2S. The molecule has 0 spiro atoms. The standard InChI is InChI=1S/C17H22N2O2S/c1-12-8-6-7-11-19(12)16(21)17(2)15(20)18(3)13-9-4-5-10-14(13)22-17/h4-5,9-10,12H,6-8,11H2,1-3H3/t12-,17+/m1/s1. The van der Waals surface area contributed by atoms with Gasteiger partial charge in [-0.2, -0.15) is 0 Å². The molecule has 5 heteroatoms. The Labute approximate surface area is 135 Å². The summed E-state index contributed by atoms with van der Waals surface area (Å²) in [6.45, 7) is 4.61. The van der Waals surface area contributed by atoms with Crippen LogP contribution in [0.4, 0.5) is 5.69 Å². The van der Waals surface area contributed by atoms with Crippen molar-refractivity contribution in [1.29, 1.82) is 0 Å². The summed E-state index contributed by atoms with van der Waals surface area (Å²) in [5.41, 5.74) is 0.884. The molecule has 0 unspecified atom stereocenters. The number of likely N-dealkylation sites (tertiary alicyclic amines) is 1. The van der Waals surface area contributed by atoms with Crippen LogP contribution in [-0.2, 0) is 9.59 Å². The number of thioether (sulfide) groups is 1. The number of benzene rings is 1. The Hall–Kier alpha value is -1.49. The molecule has 0 N–H and O–H groups in total. The van der Waals surface area contributed by atoms with E-state index in [-0.39, 0.29) is 17.9 Å². The minimum absolute atomic E-state index is 0.0453. The number of carbonyl (C=O) groups is 2. The Morgan fingerprint density at radius 3 is 2.77 bits per heavy atom. The molecule has 3 rings (SSSR count). The van der Waals surface area contributed by atoms with Crippen molar-refractivity contribution < 1.29 is 9.59 Å². The first kappa shape index (κ1) is 15.4. The van der Waals surface area contributed by atoms with E-state index in [1.807, 2.05) is 29.2 Å².